The molecule has 5 nitrogen and oxygen atoms in total. The van der Waals surface area contributed by atoms with Gasteiger partial charge >= 0.3 is 0 Å². The third-order valence-electron chi connectivity index (χ3n) is 3.37. The van der Waals surface area contributed by atoms with Gasteiger partial charge in [0.25, 0.3) is 0 Å². The summed E-state index contributed by atoms with van der Waals surface area (Å²) in [6.45, 7) is 0. The largest absolute Gasteiger partial charge is 0.497 e. The molecule has 1 aromatic heterocycles. The highest BCUT2D eigenvalue weighted by Gasteiger charge is 2.13. The van der Waals surface area contributed by atoms with Crippen LogP contribution >= 0.6 is 12.2 Å². The number of hydrogen-bond donors (Lipinski definition) is 1. The van der Waals surface area contributed by atoms with E-state index in [4.69, 9.17) is 21.7 Å². The van der Waals surface area contributed by atoms with Crippen molar-refractivity contribution in [3.05, 3.63) is 53.1 Å². The maximum Gasteiger partial charge on any atom is 0.200 e. The summed E-state index contributed by atoms with van der Waals surface area (Å²) in [5.41, 5.74) is 1.47. The van der Waals surface area contributed by atoms with Crippen molar-refractivity contribution in [1.29, 1.82) is 0 Å². The van der Waals surface area contributed by atoms with Crippen LogP contribution < -0.4 is 9.47 Å². The number of nitrogens with zero attached hydrogens (tertiary/aromatic N) is 2. The minimum atomic E-state index is -0.312. The highest BCUT2D eigenvalue weighted by atomic mass is 32.1. The Bertz CT molecular complexity index is 865. The SMILES string of the molecule is COc1cc(OC)cc(-c2n[nH]c(=S)n2-c2ccc(F)cc2)c1. The molecule has 0 atom stereocenters. The Morgan fingerprint density at radius 2 is 1.65 bits per heavy atom. The average Bonchev–Trinajstić information content (AvgIpc) is 2.96. The van der Waals surface area contributed by atoms with Gasteiger partial charge < -0.3 is 9.47 Å². The van der Waals surface area contributed by atoms with Crippen LogP contribution in [-0.2, 0) is 0 Å². The molecule has 0 aliphatic heterocycles. The van der Waals surface area contributed by atoms with Crippen molar-refractivity contribution in [1.82, 2.24) is 14.8 Å². The molecule has 0 saturated heterocycles. The van der Waals surface area contributed by atoms with Crippen molar-refractivity contribution < 1.29 is 13.9 Å². The Kier molecular flexibility index (Phi) is 4.12. The van der Waals surface area contributed by atoms with Crippen molar-refractivity contribution in [3.63, 3.8) is 0 Å². The minimum Gasteiger partial charge on any atom is -0.497 e. The van der Waals surface area contributed by atoms with E-state index >= 15 is 0 Å². The van der Waals surface area contributed by atoms with E-state index < -0.39 is 0 Å². The van der Waals surface area contributed by atoms with Crippen LogP contribution in [0.2, 0.25) is 0 Å². The predicted octanol–water partition coefficient (Wildman–Crippen LogP) is 3.75. The fourth-order valence-corrected chi connectivity index (χ4v) is 2.49. The first kappa shape index (κ1) is 15.2. The molecule has 0 unspecified atom stereocenters. The van der Waals surface area contributed by atoms with Gasteiger partial charge in [-0.3, -0.25) is 9.67 Å². The summed E-state index contributed by atoms with van der Waals surface area (Å²) in [6, 6.07) is 11.5. The van der Waals surface area contributed by atoms with Crippen molar-refractivity contribution in [2.75, 3.05) is 14.2 Å². The first-order valence-corrected chi connectivity index (χ1v) is 7.20. The Hall–Kier alpha value is -2.67. The number of aromatic amines is 1. The van der Waals surface area contributed by atoms with Crippen molar-refractivity contribution in [3.8, 4) is 28.6 Å². The molecule has 3 rings (SSSR count). The van der Waals surface area contributed by atoms with E-state index in [1.807, 2.05) is 12.1 Å². The van der Waals surface area contributed by atoms with Gasteiger partial charge in [-0.05, 0) is 48.6 Å². The van der Waals surface area contributed by atoms with Gasteiger partial charge in [0.05, 0.1) is 19.9 Å². The zero-order chi connectivity index (χ0) is 16.4. The molecular formula is C16H14FN3O2S. The van der Waals surface area contributed by atoms with Crippen LogP contribution in [0.5, 0.6) is 11.5 Å². The lowest BCUT2D eigenvalue weighted by atomic mass is 10.2. The second kappa shape index (κ2) is 6.21. The fraction of sp³-hybridized carbons (Fsp3) is 0.125. The van der Waals surface area contributed by atoms with Gasteiger partial charge in [0.2, 0.25) is 0 Å². The van der Waals surface area contributed by atoms with Crippen molar-refractivity contribution >= 4 is 12.2 Å². The van der Waals surface area contributed by atoms with Gasteiger partial charge in [0.1, 0.15) is 17.3 Å². The number of ether oxygens (including phenoxy) is 2. The molecule has 23 heavy (non-hydrogen) atoms. The number of halogens is 1. The Labute approximate surface area is 137 Å². The Morgan fingerprint density at radius 1 is 1.04 bits per heavy atom. The van der Waals surface area contributed by atoms with E-state index in [1.54, 1.807) is 37.0 Å². The number of aromatic nitrogens is 3. The lowest BCUT2D eigenvalue weighted by molar-refractivity contribution is 0.394. The van der Waals surface area contributed by atoms with E-state index in [1.165, 1.54) is 12.1 Å². The summed E-state index contributed by atoms with van der Waals surface area (Å²) in [5, 5.41) is 7.04. The fourth-order valence-electron chi connectivity index (χ4n) is 2.26. The predicted molar refractivity (Wildman–Crippen MR) is 87.2 cm³/mol. The monoisotopic (exact) mass is 331 g/mol. The lowest BCUT2D eigenvalue weighted by Crippen LogP contribution is -1.98. The summed E-state index contributed by atoms with van der Waals surface area (Å²) in [7, 11) is 3.16. The normalized spacial score (nSPS) is 10.6. The molecular weight excluding hydrogens is 317 g/mol. The van der Waals surface area contributed by atoms with E-state index in [-0.39, 0.29) is 5.82 Å². The molecule has 3 aromatic rings. The molecule has 118 valence electrons. The first-order chi connectivity index (χ1) is 11.1. The zero-order valence-corrected chi connectivity index (χ0v) is 13.4. The van der Waals surface area contributed by atoms with Crippen LogP contribution in [0.25, 0.3) is 17.1 Å². The Balaban J connectivity index is 2.19. The maximum absolute atomic E-state index is 13.2. The summed E-state index contributed by atoms with van der Waals surface area (Å²) in [5.74, 6) is 1.55. The highest BCUT2D eigenvalue weighted by molar-refractivity contribution is 7.71. The number of rotatable bonds is 4. The van der Waals surface area contributed by atoms with E-state index in [0.29, 0.717) is 27.8 Å². The highest BCUT2D eigenvalue weighted by Crippen LogP contribution is 2.30. The minimum absolute atomic E-state index is 0.312. The number of H-pyrrole nitrogens is 1. The molecule has 0 radical (unpaired) electrons. The van der Waals surface area contributed by atoms with Crippen LogP contribution in [0, 0.1) is 10.6 Å². The maximum atomic E-state index is 13.2. The first-order valence-electron chi connectivity index (χ1n) is 6.79. The molecule has 1 N–H and O–H groups in total. The average molecular weight is 331 g/mol. The third-order valence-corrected chi connectivity index (χ3v) is 3.64. The standard InChI is InChI=1S/C16H14FN3O2S/c1-21-13-7-10(8-14(9-13)22-2)15-18-19-16(23)20(15)12-5-3-11(17)4-6-12/h3-9H,1-2H3,(H,19,23). The summed E-state index contributed by atoms with van der Waals surface area (Å²) in [6.07, 6.45) is 0. The Morgan fingerprint density at radius 3 is 2.22 bits per heavy atom. The van der Waals surface area contributed by atoms with Gasteiger partial charge in [-0.25, -0.2) is 4.39 Å². The zero-order valence-electron chi connectivity index (χ0n) is 12.5. The third kappa shape index (κ3) is 2.95. The lowest BCUT2D eigenvalue weighted by Gasteiger charge is -2.10. The van der Waals surface area contributed by atoms with Crippen LogP contribution in [0.3, 0.4) is 0 Å². The van der Waals surface area contributed by atoms with E-state index in [9.17, 15) is 4.39 Å². The number of hydrogen-bond acceptors (Lipinski definition) is 4. The number of nitrogens with one attached hydrogen (secondary N) is 1. The molecule has 7 heteroatoms. The molecule has 1 heterocycles. The summed E-state index contributed by atoms with van der Waals surface area (Å²) in [4.78, 5) is 0. The van der Waals surface area contributed by atoms with Crippen LogP contribution in [-0.4, -0.2) is 29.0 Å². The molecule has 0 amide bonds. The second-order valence-electron chi connectivity index (χ2n) is 4.77. The second-order valence-corrected chi connectivity index (χ2v) is 5.15. The number of benzene rings is 2. The van der Waals surface area contributed by atoms with Gasteiger partial charge in [0, 0.05) is 11.6 Å². The van der Waals surface area contributed by atoms with Crippen LogP contribution in [0.15, 0.2) is 42.5 Å². The molecule has 0 bridgehead atoms. The summed E-state index contributed by atoms with van der Waals surface area (Å²) >= 11 is 5.30. The summed E-state index contributed by atoms with van der Waals surface area (Å²) < 4.78 is 25.9. The van der Waals surface area contributed by atoms with Gasteiger partial charge in [-0.1, -0.05) is 0 Å². The topological polar surface area (TPSA) is 52.1 Å². The van der Waals surface area contributed by atoms with E-state index in [0.717, 1.165) is 5.56 Å². The van der Waals surface area contributed by atoms with E-state index in [2.05, 4.69) is 10.2 Å². The molecule has 0 aliphatic carbocycles. The van der Waals surface area contributed by atoms with Crippen molar-refractivity contribution in [2.24, 2.45) is 0 Å². The molecule has 0 spiro atoms. The quantitative estimate of drug-likeness (QED) is 0.740. The molecule has 2 aromatic carbocycles. The van der Waals surface area contributed by atoms with Gasteiger partial charge in [0.15, 0.2) is 10.6 Å². The molecule has 0 saturated carbocycles. The van der Waals surface area contributed by atoms with Crippen molar-refractivity contribution in [2.45, 2.75) is 0 Å². The number of methoxy groups -OCH3 is 2. The smallest absolute Gasteiger partial charge is 0.200 e. The molecule has 0 fully saturated rings. The van der Waals surface area contributed by atoms with Crippen LogP contribution in [0.1, 0.15) is 0 Å². The van der Waals surface area contributed by atoms with Gasteiger partial charge in [-0.2, -0.15) is 5.10 Å². The van der Waals surface area contributed by atoms with Crippen LogP contribution in [0.4, 0.5) is 4.39 Å². The van der Waals surface area contributed by atoms with Gasteiger partial charge in [-0.15, -0.1) is 0 Å². The molecule has 0 aliphatic rings.